The van der Waals surface area contributed by atoms with E-state index in [1.807, 2.05) is 19.3 Å². The summed E-state index contributed by atoms with van der Waals surface area (Å²) in [5, 5.41) is 4.16. The lowest BCUT2D eigenvalue weighted by molar-refractivity contribution is 0.0922. The van der Waals surface area contributed by atoms with E-state index < -0.39 is 5.91 Å². The number of rotatable bonds is 5. The van der Waals surface area contributed by atoms with Crippen LogP contribution in [0.4, 0.5) is 0 Å². The second-order valence-corrected chi connectivity index (χ2v) is 4.29. The van der Waals surface area contributed by atoms with Gasteiger partial charge in [0.05, 0.1) is 18.7 Å². The average molecular weight is 264 g/mol. The molecule has 2 aromatic heterocycles. The molecule has 0 aliphatic rings. The van der Waals surface area contributed by atoms with Gasteiger partial charge in [-0.1, -0.05) is 0 Å². The van der Waals surface area contributed by atoms with Gasteiger partial charge in [-0.15, -0.1) is 0 Å². The summed E-state index contributed by atoms with van der Waals surface area (Å²) in [5.41, 5.74) is 2.65. The molecule has 0 aromatic carbocycles. The highest BCUT2D eigenvalue weighted by Crippen LogP contribution is 2.16. The van der Waals surface area contributed by atoms with E-state index in [9.17, 15) is 4.79 Å². The number of ether oxygens (including phenoxy) is 1. The zero-order chi connectivity index (χ0) is 13.8. The van der Waals surface area contributed by atoms with Crippen molar-refractivity contribution in [3.8, 4) is 5.75 Å². The Labute approximate surface area is 110 Å². The zero-order valence-electron chi connectivity index (χ0n) is 10.8. The molecule has 0 saturated heterocycles. The van der Waals surface area contributed by atoms with E-state index in [2.05, 4.69) is 5.10 Å². The van der Waals surface area contributed by atoms with Crippen molar-refractivity contribution in [3.05, 3.63) is 36.0 Å². The molecule has 0 bridgehead atoms. The highest BCUT2D eigenvalue weighted by atomic mass is 16.5. The predicted octanol–water partition coefficient (Wildman–Crippen LogP) is 1.24. The first-order chi connectivity index (χ1) is 9.11. The van der Waals surface area contributed by atoms with Crippen molar-refractivity contribution < 1.29 is 13.9 Å². The van der Waals surface area contributed by atoms with Crippen molar-refractivity contribution >= 4 is 5.91 Å². The Bertz CT molecular complexity index is 559. The Kier molecular flexibility index (Phi) is 3.86. The first-order valence-corrected chi connectivity index (χ1v) is 5.86. The number of nitrogens with two attached hydrogens (primary N) is 1. The molecule has 0 unspecified atom stereocenters. The van der Waals surface area contributed by atoms with Gasteiger partial charge in [-0.25, -0.2) is 5.84 Å². The molecule has 0 aliphatic heterocycles. The van der Waals surface area contributed by atoms with Gasteiger partial charge >= 0.3 is 5.91 Å². The van der Waals surface area contributed by atoms with Crippen LogP contribution in [0, 0.1) is 0 Å². The van der Waals surface area contributed by atoms with Crippen molar-refractivity contribution in [1.82, 2.24) is 15.2 Å². The highest BCUT2D eigenvalue weighted by molar-refractivity contribution is 5.92. The minimum Gasteiger partial charge on any atom is -0.485 e. The number of nitrogens with zero attached hydrogens (tertiary/aromatic N) is 2. The first-order valence-electron chi connectivity index (χ1n) is 5.86. The van der Waals surface area contributed by atoms with Crippen LogP contribution in [0.3, 0.4) is 0 Å². The number of hydrogen-bond acceptors (Lipinski definition) is 5. The topological polar surface area (TPSA) is 95.3 Å². The molecule has 1 amide bonds. The minimum absolute atomic E-state index is 0.152. The van der Waals surface area contributed by atoms with Crippen LogP contribution < -0.4 is 16.0 Å². The molecule has 2 rings (SSSR count). The number of carbonyl (C=O) groups is 1. The Morgan fingerprint density at radius 3 is 3.05 bits per heavy atom. The lowest BCUT2D eigenvalue weighted by Crippen LogP contribution is -2.30. The van der Waals surface area contributed by atoms with Gasteiger partial charge in [0.1, 0.15) is 6.61 Å². The van der Waals surface area contributed by atoms with E-state index >= 15 is 0 Å². The summed E-state index contributed by atoms with van der Waals surface area (Å²) in [6.45, 7) is 4.26. The van der Waals surface area contributed by atoms with Crippen LogP contribution in [0.2, 0.25) is 0 Å². The van der Waals surface area contributed by atoms with Crippen molar-refractivity contribution in [2.45, 2.75) is 26.5 Å². The summed E-state index contributed by atoms with van der Waals surface area (Å²) in [5.74, 6) is 5.36. The maximum absolute atomic E-state index is 11.4. The van der Waals surface area contributed by atoms with Gasteiger partial charge < -0.3 is 9.15 Å². The highest BCUT2D eigenvalue weighted by Gasteiger charge is 2.14. The van der Waals surface area contributed by atoms with Crippen LogP contribution >= 0.6 is 0 Å². The number of furan rings is 1. The Morgan fingerprint density at radius 1 is 1.63 bits per heavy atom. The monoisotopic (exact) mass is 264 g/mol. The molecule has 102 valence electrons. The standard InChI is InChI=1S/C12H16N4O3/c1-8(2)16-6-10(5-14-16)19-7-9-3-4-18-11(9)12(17)15-13/h3-6,8H,7,13H2,1-2H3,(H,15,17). The van der Waals surface area contributed by atoms with Gasteiger partial charge in [0.15, 0.2) is 11.5 Å². The summed E-state index contributed by atoms with van der Waals surface area (Å²) >= 11 is 0. The molecule has 0 saturated carbocycles. The fourth-order valence-corrected chi connectivity index (χ4v) is 1.55. The van der Waals surface area contributed by atoms with E-state index in [1.165, 1.54) is 6.26 Å². The first kappa shape index (κ1) is 13.2. The van der Waals surface area contributed by atoms with E-state index in [0.717, 1.165) is 0 Å². The van der Waals surface area contributed by atoms with Gasteiger partial charge in [0.25, 0.3) is 0 Å². The molecule has 7 nitrogen and oxygen atoms in total. The molecule has 0 fully saturated rings. The molecule has 2 heterocycles. The summed E-state index contributed by atoms with van der Waals surface area (Å²) < 4.78 is 12.4. The lowest BCUT2D eigenvalue weighted by Gasteiger charge is -2.04. The largest absolute Gasteiger partial charge is 0.485 e. The van der Waals surface area contributed by atoms with Crippen molar-refractivity contribution in [2.24, 2.45) is 5.84 Å². The summed E-state index contributed by atoms with van der Waals surface area (Å²) in [6.07, 6.45) is 4.84. The molecule has 2 aromatic rings. The van der Waals surface area contributed by atoms with Crippen LogP contribution in [-0.2, 0) is 6.61 Å². The maximum Gasteiger partial charge on any atom is 0.301 e. The second-order valence-electron chi connectivity index (χ2n) is 4.29. The van der Waals surface area contributed by atoms with Crippen LogP contribution in [0.1, 0.15) is 36.0 Å². The third kappa shape index (κ3) is 2.94. The number of amides is 1. The Balaban J connectivity index is 2.02. The van der Waals surface area contributed by atoms with E-state index in [1.54, 1.807) is 23.1 Å². The number of aromatic nitrogens is 2. The quantitative estimate of drug-likeness (QED) is 0.481. The number of hydrazine groups is 1. The smallest absolute Gasteiger partial charge is 0.301 e. The average Bonchev–Trinajstić information content (AvgIpc) is 3.04. The summed E-state index contributed by atoms with van der Waals surface area (Å²) in [4.78, 5) is 11.4. The number of nitrogens with one attached hydrogen (secondary N) is 1. The fourth-order valence-electron chi connectivity index (χ4n) is 1.55. The van der Waals surface area contributed by atoms with Crippen molar-refractivity contribution in [3.63, 3.8) is 0 Å². The normalized spacial score (nSPS) is 10.7. The Morgan fingerprint density at radius 2 is 2.42 bits per heavy atom. The maximum atomic E-state index is 11.4. The second kappa shape index (κ2) is 5.57. The third-order valence-electron chi connectivity index (χ3n) is 2.59. The van der Waals surface area contributed by atoms with E-state index in [-0.39, 0.29) is 18.4 Å². The Hall–Kier alpha value is -2.28. The molecule has 0 radical (unpaired) electrons. The predicted molar refractivity (Wildman–Crippen MR) is 67.3 cm³/mol. The third-order valence-corrected chi connectivity index (χ3v) is 2.59. The van der Waals surface area contributed by atoms with Gasteiger partial charge in [-0.3, -0.25) is 14.9 Å². The van der Waals surface area contributed by atoms with Crippen molar-refractivity contribution in [2.75, 3.05) is 0 Å². The molecule has 0 aliphatic carbocycles. The van der Waals surface area contributed by atoms with Gasteiger partial charge in [-0.05, 0) is 19.9 Å². The SMILES string of the molecule is CC(C)n1cc(OCc2ccoc2C(=O)NN)cn1. The molecular weight excluding hydrogens is 248 g/mol. The summed E-state index contributed by atoms with van der Waals surface area (Å²) in [7, 11) is 0. The van der Waals surface area contributed by atoms with Crippen LogP contribution in [0.25, 0.3) is 0 Å². The molecule has 0 spiro atoms. The molecule has 3 N–H and O–H groups in total. The lowest BCUT2D eigenvalue weighted by atomic mass is 10.2. The molecule has 0 atom stereocenters. The summed E-state index contributed by atoms with van der Waals surface area (Å²) in [6, 6.07) is 1.93. The number of carbonyl (C=O) groups excluding carboxylic acids is 1. The van der Waals surface area contributed by atoms with Gasteiger partial charge in [0, 0.05) is 11.6 Å². The minimum atomic E-state index is -0.485. The number of nitrogen functional groups attached to an aromatic ring is 1. The fraction of sp³-hybridized carbons (Fsp3) is 0.333. The molecular formula is C12H16N4O3. The van der Waals surface area contributed by atoms with Crippen LogP contribution in [0.15, 0.2) is 29.1 Å². The van der Waals surface area contributed by atoms with Crippen molar-refractivity contribution in [1.29, 1.82) is 0 Å². The molecule has 19 heavy (non-hydrogen) atoms. The van der Waals surface area contributed by atoms with E-state index in [0.29, 0.717) is 11.3 Å². The van der Waals surface area contributed by atoms with Gasteiger partial charge in [0.2, 0.25) is 0 Å². The van der Waals surface area contributed by atoms with E-state index in [4.69, 9.17) is 15.0 Å². The molecule has 7 heteroatoms. The van der Waals surface area contributed by atoms with Gasteiger partial charge in [-0.2, -0.15) is 5.10 Å². The van der Waals surface area contributed by atoms with Crippen LogP contribution in [-0.4, -0.2) is 15.7 Å². The van der Waals surface area contributed by atoms with Crippen LogP contribution in [0.5, 0.6) is 5.75 Å². The zero-order valence-corrected chi connectivity index (χ0v) is 10.8. The number of hydrogen-bond donors (Lipinski definition) is 2.